The molecule has 0 unspecified atom stereocenters. The zero-order valence-corrected chi connectivity index (χ0v) is 17.1. The molecule has 2 heterocycles. The van der Waals surface area contributed by atoms with E-state index in [9.17, 15) is 4.79 Å². The number of aromatic amines is 1. The van der Waals surface area contributed by atoms with Crippen LogP contribution in [0.1, 0.15) is 11.4 Å². The lowest BCUT2D eigenvalue weighted by atomic mass is 10.1. The molecule has 0 bridgehead atoms. The van der Waals surface area contributed by atoms with Crippen molar-refractivity contribution in [1.29, 1.82) is 0 Å². The zero-order valence-electron chi connectivity index (χ0n) is 17.1. The van der Waals surface area contributed by atoms with Crippen LogP contribution in [0.5, 0.6) is 11.5 Å². The van der Waals surface area contributed by atoms with Gasteiger partial charge in [-0.3, -0.25) is 4.79 Å². The molecule has 1 aromatic heterocycles. The molecule has 1 aliphatic rings. The van der Waals surface area contributed by atoms with Gasteiger partial charge in [-0.15, -0.1) is 0 Å². The molecule has 0 aliphatic carbocycles. The molecule has 0 saturated carbocycles. The van der Waals surface area contributed by atoms with Gasteiger partial charge in [0, 0.05) is 31.9 Å². The molecule has 7 nitrogen and oxygen atoms in total. The molecule has 0 radical (unpaired) electrons. The molecular formula is C22H26N4O3. The molecule has 1 fully saturated rings. The van der Waals surface area contributed by atoms with Crippen molar-refractivity contribution in [2.75, 3.05) is 45.3 Å². The van der Waals surface area contributed by atoms with Crippen molar-refractivity contribution in [1.82, 2.24) is 14.9 Å². The van der Waals surface area contributed by atoms with Gasteiger partial charge in [0.1, 0.15) is 5.82 Å². The number of aryl methyl sites for hydroxylation is 1. The van der Waals surface area contributed by atoms with Crippen molar-refractivity contribution >= 4 is 22.6 Å². The molecule has 0 atom stereocenters. The topological polar surface area (TPSA) is 70.7 Å². The van der Waals surface area contributed by atoms with Gasteiger partial charge in [0.05, 0.1) is 31.7 Å². The monoisotopic (exact) mass is 394 g/mol. The van der Waals surface area contributed by atoms with Gasteiger partial charge in [-0.05, 0) is 42.8 Å². The standard InChI is InChI=1S/C22H26N4O3/c1-15-23-18-6-5-17(14-19(18)24-15)25-8-10-26(11-9-25)22(27)13-16-4-7-20(28-2)21(12-16)29-3/h4-7,12,14H,8-11,13H2,1-3H3,(H,23,24). The number of ether oxygens (including phenoxy) is 2. The van der Waals surface area contributed by atoms with Crippen LogP contribution < -0.4 is 14.4 Å². The fourth-order valence-electron chi connectivity index (χ4n) is 3.81. The summed E-state index contributed by atoms with van der Waals surface area (Å²) in [6.07, 6.45) is 0.361. The number of imidazole rings is 1. The number of H-pyrrole nitrogens is 1. The number of hydrogen-bond donors (Lipinski definition) is 1. The third-order valence-corrected chi connectivity index (χ3v) is 5.38. The predicted octanol–water partition coefficient (Wildman–Crippen LogP) is 2.78. The van der Waals surface area contributed by atoms with Crippen LogP contribution in [0.25, 0.3) is 11.0 Å². The number of benzene rings is 2. The van der Waals surface area contributed by atoms with Crippen LogP contribution in [0.2, 0.25) is 0 Å². The van der Waals surface area contributed by atoms with Gasteiger partial charge in [-0.25, -0.2) is 4.98 Å². The number of aromatic nitrogens is 2. The number of carbonyl (C=O) groups excluding carboxylic acids is 1. The van der Waals surface area contributed by atoms with E-state index in [-0.39, 0.29) is 5.91 Å². The van der Waals surface area contributed by atoms with Crippen molar-refractivity contribution in [2.45, 2.75) is 13.3 Å². The maximum atomic E-state index is 12.8. The fraction of sp³-hybridized carbons (Fsp3) is 0.364. The summed E-state index contributed by atoms with van der Waals surface area (Å²) in [6, 6.07) is 11.9. The highest BCUT2D eigenvalue weighted by Crippen LogP contribution is 2.28. The summed E-state index contributed by atoms with van der Waals surface area (Å²) in [5.74, 6) is 2.37. The summed E-state index contributed by atoms with van der Waals surface area (Å²) < 4.78 is 10.6. The van der Waals surface area contributed by atoms with Crippen LogP contribution in [-0.2, 0) is 11.2 Å². The number of anilines is 1. The normalized spacial score (nSPS) is 14.3. The molecule has 152 valence electrons. The number of hydrogen-bond acceptors (Lipinski definition) is 5. The molecule has 1 amide bonds. The van der Waals surface area contributed by atoms with Crippen LogP contribution in [0.3, 0.4) is 0 Å². The van der Waals surface area contributed by atoms with Gasteiger partial charge in [-0.1, -0.05) is 6.07 Å². The number of methoxy groups -OCH3 is 2. The number of rotatable bonds is 5. The van der Waals surface area contributed by atoms with E-state index in [1.54, 1.807) is 14.2 Å². The predicted molar refractivity (Wildman–Crippen MR) is 113 cm³/mol. The Labute approximate surface area is 170 Å². The largest absolute Gasteiger partial charge is 0.493 e. The van der Waals surface area contributed by atoms with E-state index in [0.717, 1.165) is 41.2 Å². The molecule has 1 N–H and O–H groups in total. The lowest BCUT2D eigenvalue weighted by Gasteiger charge is -2.36. The van der Waals surface area contributed by atoms with Gasteiger partial charge >= 0.3 is 0 Å². The second-order valence-electron chi connectivity index (χ2n) is 7.26. The Balaban J connectivity index is 1.37. The highest BCUT2D eigenvalue weighted by Gasteiger charge is 2.22. The first-order valence-corrected chi connectivity index (χ1v) is 9.77. The van der Waals surface area contributed by atoms with Crippen molar-refractivity contribution in [3.05, 3.63) is 47.8 Å². The third-order valence-electron chi connectivity index (χ3n) is 5.38. The minimum Gasteiger partial charge on any atom is -0.493 e. The summed E-state index contributed by atoms with van der Waals surface area (Å²) in [5.41, 5.74) is 4.12. The second-order valence-corrected chi connectivity index (χ2v) is 7.26. The first kappa shape index (κ1) is 19.1. The minimum atomic E-state index is 0.136. The summed E-state index contributed by atoms with van der Waals surface area (Å²) in [6.45, 7) is 5.02. The number of fused-ring (bicyclic) bond motifs is 1. The summed E-state index contributed by atoms with van der Waals surface area (Å²) in [7, 11) is 3.21. The van der Waals surface area contributed by atoms with Crippen LogP contribution >= 0.6 is 0 Å². The van der Waals surface area contributed by atoms with E-state index in [1.165, 1.54) is 0 Å². The molecule has 2 aromatic carbocycles. The Hall–Kier alpha value is -3.22. The Morgan fingerprint density at radius 1 is 1.03 bits per heavy atom. The molecule has 1 aliphatic heterocycles. The SMILES string of the molecule is COc1ccc(CC(=O)N2CCN(c3ccc4nc(C)[nH]c4c3)CC2)cc1OC. The summed E-state index contributed by atoms with van der Waals surface area (Å²) in [4.78, 5) is 24.8. The van der Waals surface area contributed by atoms with Crippen LogP contribution in [0, 0.1) is 6.92 Å². The van der Waals surface area contributed by atoms with E-state index < -0.39 is 0 Å². The average molecular weight is 394 g/mol. The number of carbonyl (C=O) groups is 1. The van der Waals surface area contributed by atoms with Crippen molar-refractivity contribution in [2.24, 2.45) is 0 Å². The molecule has 0 spiro atoms. The van der Waals surface area contributed by atoms with Crippen LogP contribution in [0.15, 0.2) is 36.4 Å². The van der Waals surface area contributed by atoms with Gasteiger partial charge in [-0.2, -0.15) is 0 Å². The average Bonchev–Trinajstić information content (AvgIpc) is 3.12. The van der Waals surface area contributed by atoms with Gasteiger partial charge < -0.3 is 24.3 Å². The molecule has 3 aromatic rings. The number of piperazine rings is 1. The Morgan fingerprint density at radius 3 is 2.52 bits per heavy atom. The smallest absolute Gasteiger partial charge is 0.227 e. The maximum absolute atomic E-state index is 12.8. The number of nitrogens with zero attached hydrogens (tertiary/aromatic N) is 3. The van der Waals surface area contributed by atoms with Gasteiger partial charge in [0.15, 0.2) is 11.5 Å². The Bertz CT molecular complexity index is 1020. The number of nitrogens with one attached hydrogen (secondary N) is 1. The van der Waals surface area contributed by atoms with Crippen LogP contribution in [0.4, 0.5) is 5.69 Å². The Kier molecular flexibility index (Phi) is 5.29. The van der Waals surface area contributed by atoms with Gasteiger partial charge in [0.25, 0.3) is 0 Å². The fourth-order valence-corrected chi connectivity index (χ4v) is 3.81. The summed E-state index contributed by atoms with van der Waals surface area (Å²) in [5, 5.41) is 0. The first-order chi connectivity index (χ1) is 14.1. The van der Waals surface area contributed by atoms with E-state index in [4.69, 9.17) is 9.47 Å². The molecule has 7 heteroatoms. The molecular weight excluding hydrogens is 368 g/mol. The van der Waals surface area contributed by atoms with Crippen molar-refractivity contribution in [3.63, 3.8) is 0 Å². The molecule has 1 saturated heterocycles. The van der Waals surface area contributed by atoms with E-state index in [2.05, 4.69) is 27.0 Å². The summed E-state index contributed by atoms with van der Waals surface area (Å²) >= 11 is 0. The Morgan fingerprint density at radius 2 is 1.79 bits per heavy atom. The number of amides is 1. The zero-order chi connectivity index (χ0) is 20.4. The van der Waals surface area contributed by atoms with E-state index in [1.807, 2.05) is 36.1 Å². The lowest BCUT2D eigenvalue weighted by Crippen LogP contribution is -2.49. The van der Waals surface area contributed by atoms with Crippen molar-refractivity contribution < 1.29 is 14.3 Å². The molecule has 29 heavy (non-hydrogen) atoms. The van der Waals surface area contributed by atoms with E-state index >= 15 is 0 Å². The quantitative estimate of drug-likeness (QED) is 0.721. The minimum absolute atomic E-state index is 0.136. The molecule has 4 rings (SSSR count). The first-order valence-electron chi connectivity index (χ1n) is 9.77. The second kappa shape index (κ2) is 8.03. The maximum Gasteiger partial charge on any atom is 0.227 e. The highest BCUT2D eigenvalue weighted by atomic mass is 16.5. The third kappa shape index (κ3) is 3.99. The van der Waals surface area contributed by atoms with Crippen molar-refractivity contribution in [3.8, 4) is 11.5 Å². The highest BCUT2D eigenvalue weighted by molar-refractivity contribution is 5.81. The lowest BCUT2D eigenvalue weighted by molar-refractivity contribution is -0.130. The van der Waals surface area contributed by atoms with E-state index in [0.29, 0.717) is 31.0 Å². The van der Waals surface area contributed by atoms with Crippen LogP contribution in [-0.4, -0.2) is 61.2 Å². The van der Waals surface area contributed by atoms with Gasteiger partial charge in [0.2, 0.25) is 5.91 Å².